The van der Waals surface area contributed by atoms with Gasteiger partial charge in [0.15, 0.2) is 11.5 Å². The van der Waals surface area contributed by atoms with Crippen LogP contribution in [0.1, 0.15) is 80.7 Å². The van der Waals surface area contributed by atoms with Gasteiger partial charge in [0.1, 0.15) is 30.5 Å². The first-order valence-electron chi connectivity index (χ1n) is 13.7. The average Bonchev–Trinajstić information content (AvgIpc) is 2.88. The van der Waals surface area contributed by atoms with Crippen molar-refractivity contribution in [1.82, 2.24) is 0 Å². The third-order valence-electron chi connectivity index (χ3n) is 6.53. The van der Waals surface area contributed by atoms with Crippen LogP contribution in [-0.2, 0) is 35.0 Å². The summed E-state index contributed by atoms with van der Waals surface area (Å²) in [5.74, 6) is -1.45. The van der Waals surface area contributed by atoms with Crippen molar-refractivity contribution in [3.8, 4) is 11.5 Å². The van der Waals surface area contributed by atoms with E-state index in [4.69, 9.17) is 34.2 Å². The minimum atomic E-state index is -1.08. The molecule has 2 N–H and O–H groups in total. The molecule has 0 fully saturated rings. The smallest absolute Gasteiger partial charge is 0.459 e. The average molecular weight is 568 g/mol. The van der Waals surface area contributed by atoms with Gasteiger partial charge in [-0.25, -0.2) is 9.59 Å². The van der Waals surface area contributed by atoms with Crippen molar-refractivity contribution in [2.45, 2.75) is 112 Å². The largest absolute Gasteiger partial charge is 0.514 e. The van der Waals surface area contributed by atoms with Crippen molar-refractivity contribution in [2.75, 3.05) is 0 Å². The molecular weight excluding hydrogens is 522 g/mol. The van der Waals surface area contributed by atoms with Gasteiger partial charge in [0.05, 0.1) is 5.92 Å². The molecule has 6 atom stereocenters. The molecule has 0 radical (unpaired) electrons. The lowest BCUT2D eigenvalue weighted by molar-refractivity contribution is -0.169. The van der Waals surface area contributed by atoms with Crippen LogP contribution >= 0.6 is 0 Å². The maximum absolute atomic E-state index is 12.7. The van der Waals surface area contributed by atoms with Gasteiger partial charge in [0, 0.05) is 0 Å². The van der Waals surface area contributed by atoms with Crippen molar-refractivity contribution in [3.05, 3.63) is 23.8 Å². The number of carbonyl (C=O) groups excluding carboxylic acids is 4. The Balaban J connectivity index is 2.96. The maximum Gasteiger partial charge on any atom is 0.514 e. The van der Waals surface area contributed by atoms with Crippen molar-refractivity contribution in [1.29, 1.82) is 0 Å². The Morgan fingerprint density at radius 2 is 1.18 bits per heavy atom. The second kappa shape index (κ2) is 16.7. The van der Waals surface area contributed by atoms with Gasteiger partial charge < -0.3 is 34.2 Å². The Labute approximate surface area is 236 Å². The summed E-state index contributed by atoms with van der Waals surface area (Å²) >= 11 is 0. The van der Waals surface area contributed by atoms with Gasteiger partial charge in [-0.2, -0.15) is 0 Å². The number of hydrogen-bond donors (Lipinski definition) is 1. The lowest BCUT2D eigenvalue weighted by atomic mass is 9.98. The van der Waals surface area contributed by atoms with Gasteiger partial charge in [0.25, 0.3) is 0 Å². The molecule has 0 spiro atoms. The third kappa shape index (κ3) is 11.8. The van der Waals surface area contributed by atoms with Crippen molar-refractivity contribution < 1.29 is 47.6 Å². The SMILES string of the molecule is CCC(C)OC(=O)Oc1ccc(C[C@H](N)C(=O)O[C@@H](C)[C@H](C)OC(=O)C(C)C(C)C)cc1OC(=O)OC(C)CC. The topological polar surface area (TPSA) is 150 Å². The molecule has 0 aromatic heterocycles. The fourth-order valence-corrected chi connectivity index (χ4v) is 2.93. The van der Waals surface area contributed by atoms with E-state index in [2.05, 4.69) is 0 Å². The van der Waals surface area contributed by atoms with Gasteiger partial charge in [0.2, 0.25) is 0 Å². The predicted octanol–water partition coefficient (Wildman–Crippen LogP) is 5.34. The fourth-order valence-electron chi connectivity index (χ4n) is 2.93. The molecule has 0 saturated heterocycles. The summed E-state index contributed by atoms with van der Waals surface area (Å²) in [6, 6.07) is 3.30. The van der Waals surface area contributed by atoms with Crippen LogP contribution in [0.4, 0.5) is 9.59 Å². The molecule has 0 heterocycles. The van der Waals surface area contributed by atoms with E-state index in [1.54, 1.807) is 40.7 Å². The van der Waals surface area contributed by atoms with E-state index in [0.29, 0.717) is 18.4 Å². The van der Waals surface area contributed by atoms with E-state index in [1.165, 1.54) is 12.1 Å². The third-order valence-corrected chi connectivity index (χ3v) is 6.53. The monoisotopic (exact) mass is 567 g/mol. The zero-order valence-corrected chi connectivity index (χ0v) is 25.1. The summed E-state index contributed by atoms with van der Waals surface area (Å²) in [7, 11) is 0. The Morgan fingerprint density at radius 1 is 0.700 bits per heavy atom. The first-order valence-corrected chi connectivity index (χ1v) is 13.7. The van der Waals surface area contributed by atoms with Crippen LogP contribution in [0.25, 0.3) is 0 Å². The molecule has 11 heteroatoms. The molecular formula is C29H45NO10. The zero-order valence-electron chi connectivity index (χ0n) is 25.1. The van der Waals surface area contributed by atoms with Crippen LogP contribution in [0, 0.1) is 11.8 Å². The van der Waals surface area contributed by atoms with E-state index < -0.39 is 42.6 Å². The lowest BCUT2D eigenvalue weighted by Crippen LogP contribution is -2.40. The van der Waals surface area contributed by atoms with E-state index in [0.717, 1.165) is 0 Å². The molecule has 1 aromatic carbocycles. The minimum Gasteiger partial charge on any atom is -0.459 e. The normalized spacial score (nSPS) is 15.6. The second-order valence-corrected chi connectivity index (χ2v) is 10.3. The molecule has 3 unspecified atom stereocenters. The lowest BCUT2D eigenvalue weighted by Gasteiger charge is -2.24. The van der Waals surface area contributed by atoms with Crippen LogP contribution in [0.5, 0.6) is 11.5 Å². The molecule has 0 aliphatic carbocycles. The molecule has 226 valence electrons. The van der Waals surface area contributed by atoms with Crippen LogP contribution in [0.3, 0.4) is 0 Å². The molecule has 1 rings (SSSR count). The number of ether oxygens (including phenoxy) is 6. The summed E-state index contributed by atoms with van der Waals surface area (Å²) < 4.78 is 31.7. The zero-order chi connectivity index (χ0) is 30.6. The number of benzene rings is 1. The number of hydrogen-bond acceptors (Lipinski definition) is 11. The summed E-state index contributed by atoms with van der Waals surface area (Å²) in [5.41, 5.74) is 6.59. The van der Waals surface area contributed by atoms with Crippen molar-refractivity contribution in [2.24, 2.45) is 17.6 Å². The van der Waals surface area contributed by atoms with E-state index >= 15 is 0 Å². The predicted molar refractivity (Wildman–Crippen MR) is 147 cm³/mol. The second-order valence-electron chi connectivity index (χ2n) is 10.3. The quantitative estimate of drug-likeness (QED) is 0.176. The Bertz CT molecular complexity index is 995. The number of rotatable bonds is 14. The van der Waals surface area contributed by atoms with Crippen LogP contribution < -0.4 is 15.2 Å². The van der Waals surface area contributed by atoms with E-state index in [9.17, 15) is 19.2 Å². The molecule has 0 amide bonds. The first kappa shape index (κ1) is 34.7. The maximum atomic E-state index is 12.7. The number of carbonyl (C=O) groups is 4. The molecule has 11 nitrogen and oxygen atoms in total. The summed E-state index contributed by atoms with van der Waals surface area (Å²) in [5, 5.41) is 0. The fraction of sp³-hybridized carbons (Fsp3) is 0.655. The van der Waals surface area contributed by atoms with Gasteiger partial charge in [-0.05, 0) is 70.6 Å². The molecule has 0 bridgehead atoms. The Kier molecular flexibility index (Phi) is 14.5. The number of nitrogens with two attached hydrogens (primary N) is 1. The van der Waals surface area contributed by atoms with Crippen LogP contribution in [-0.4, -0.2) is 54.7 Å². The van der Waals surface area contributed by atoms with Gasteiger partial charge in [-0.3, -0.25) is 9.59 Å². The molecule has 1 aromatic rings. The molecule has 0 aliphatic heterocycles. The van der Waals surface area contributed by atoms with Gasteiger partial charge >= 0.3 is 24.2 Å². The first-order chi connectivity index (χ1) is 18.7. The molecule has 40 heavy (non-hydrogen) atoms. The van der Waals surface area contributed by atoms with Crippen LogP contribution in [0.2, 0.25) is 0 Å². The highest BCUT2D eigenvalue weighted by atomic mass is 16.7. The number of esters is 2. The van der Waals surface area contributed by atoms with Crippen molar-refractivity contribution in [3.63, 3.8) is 0 Å². The molecule has 0 aliphatic rings. The van der Waals surface area contributed by atoms with E-state index in [-0.39, 0.29) is 41.8 Å². The Hall–Kier alpha value is -3.34. The highest BCUT2D eigenvalue weighted by Gasteiger charge is 2.27. The van der Waals surface area contributed by atoms with Gasteiger partial charge in [-0.1, -0.05) is 40.7 Å². The highest BCUT2D eigenvalue weighted by molar-refractivity contribution is 5.76. The highest BCUT2D eigenvalue weighted by Crippen LogP contribution is 2.30. The standard InChI is InChI=1S/C29H45NO10/c1-10-17(5)35-28(33)39-24-13-12-22(15-25(24)40-29(34)36-18(6)11-2)14-23(30)27(32)38-21(9)20(8)37-26(31)19(7)16(3)4/h12-13,15-21,23H,10-11,14,30H2,1-9H3/t17?,18?,19?,20-,21-,23-/m0/s1. The Morgan fingerprint density at radius 3 is 1.65 bits per heavy atom. The minimum absolute atomic E-state index is 0.0124. The summed E-state index contributed by atoms with van der Waals surface area (Å²) in [4.78, 5) is 49.3. The van der Waals surface area contributed by atoms with Crippen molar-refractivity contribution >= 4 is 24.2 Å². The van der Waals surface area contributed by atoms with Gasteiger partial charge in [-0.15, -0.1) is 0 Å². The van der Waals surface area contributed by atoms with Crippen LogP contribution in [0.15, 0.2) is 18.2 Å². The summed E-state index contributed by atoms with van der Waals surface area (Å²) in [6.45, 7) is 16.0. The molecule has 0 saturated carbocycles. The summed E-state index contributed by atoms with van der Waals surface area (Å²) in [6.07, 6.45) is -2.95. The van der Waals surface area contributed by atoms with E-state index in [1.807, 2.05) is 27.7 Å².